The number of thioether (sulfide) groups is 1. The average molecular weight is 593 g/mol. The minimum absolute atomic E-state index is 0.0128. The first kappa shape index (κ1) is 26.1. The number of primary amides is 1. The number of nitrogens with two attached hydrogens (primary N) is 1. The van der Waals surface area contributed by atoms with Gasteiger partial charge in [-0.3, -0.25) is 14.5 Å². The second-order valence-corrected chi connectivity index (χ2v) is 9.96. The Labute approximate surface area is 217 Å². The summed E-state index contributed by atoms with van der Waals surface area (Å²) in [5, 5.41) is 0.663. The normalized spacial score (nSPS) is 16.9. The van der Waals surface area contributed by atoms with Crippen LogP contribution in [0.1, 0.15) is 38.3 Å². The Balaban J connectivity index is 1.98. The Kier molecular flexibility index (Phi) is 9.01. The quantitative estimate of drug-likeness (QED) is 0.316. The van der Waals surface area contributed by atoms with Crippen molar-refractivity contribution < 1.29 is 19.1 Å². The van der Waals surface area contributed by atoms with Gasteiger partial charge in [-0.2, -0.15) is 0 Å². The first-order valence-electron chi connectivity index (χ1n) is 11.0. The summed E-state index contributed by atoms with van der Waals surface area (Å²) in [6.45, 7) is 8.14. The summed E-state index contributed by atoms with van der Waals surface area (Å²) < 4.78 is 12.0. The second-order valence-electron chi connectivity index (χ2n) is 7.79. The van der Waals surface area contributed by atoms with Gasteiger partial charge in [-0.25, -0.2) is 4.99 Å². The van der Waals surface area contributed by atoms with E-state index in [1.807, 2.05) is 57.2 Å². The number of carbonyl (C=O) groups is 2. The number of benzene rings is 2. The van der Waals surface area contributed by atoms with Crippen LogP contribution in [-0.2, 0) is 9.59 Å². The molecule has 0 radical (unpaired) electrons. The predicted molar refractivity (Wildman–Crippen MR) is 145 cm³/mol. The SMILES string of the molecule is CCOc1cc(/C=C2/SC(=Nc3ccc(C)cc3)N([C@@H](C)CC)C2=O)cc(I)c1OCC(N)=O. The van der Waals surface area contributed by atoms with E-state index >= 15 is 0 Å². The van der Waals surface area contributed by atoms with Gasteiger partial charge in [0.1, 0.15) is 0 Å². The lowest BCUT2D eigenvalue weighted by Gasteiger charge is -2.22. The van der Waals surface area contributed by atoms with E-state index in [1.165, 1.54) is 11.8 Å². The molecule has 2 aromatic carbocycles. The van der Waals surface area contributed by atoms with Crippen LogP contribution in [0.4, 0.5) is 5.69 Å². The van der Waals surface area contributed by atoms with Gasteiger partial charge < -0.3 is 15.2 Å². The van der Waals surface area contributed by atoms with E-state index in [2.05, 4.69) is 29.5 Å². The molecule has 1 fully saturated rings. The Hall–Kier alpha value is -2.53. The fourth-order valence-corrected chi connectivity index (χ4v) is 5.11. The lowest BCUT2D eigenvalue weighted by atomic mass is 10.1. The van der Waals surface area contributed by atoms with Gasteiger partial charge >= 0.3 is 0 Å². The highest BCUT2D eigenvalue weighted by Crippen LogP contribution is 2.39. The fraction of sp³-hybridized carbons (Fsp3) is 0.320. The van der Waals surface area contributed by atoms with E-state index < -0.39 is 5.91 Å². The van der Waals surface area contributed by atoms with Crippen molar-refractivity contribution in [2.24, 2.45) is 10.7 Å². The van der Waals surface area contributed by atoms with Crippen LogP contribution in [0.25, 0.3) is 6.08 Å². The van der Waals surface area contributed by atoms with Crippen LogP contribution >= 0.6 is 34.4 Å². The smallest absolute Gasteiger partial charge is 0.266 e. The predicted octanol–water partition coefficient (Wildman–Crippen LogP) is 5.26. The zero-order chi connectivity index (χ0) is 24.8. The molecule has 0 aromatic heterocycles. The van der Waals surface area contributed by atoms with Gasteiger partial charge in [0, 0.05) is 6.04 Å². The number of ether oxygens (including phenoxy) is 2. The van der Waals surface area contributed by atoms with E-state index in [9.17, 15) is 9.59 Å². The number of carbonyl (C=O) groups excluding carboxylic acids is 2. The Morgan fingerprint density at radius 3 is 2.56 bits per heavy atom. The molecule has 0 saturated carbocycles. The van der Waals surface area contributed by atoms with Gasteiger partial charge in [-0.05, 0) is 97.4 Å². The number of rotatable bonds is 9. The molecule has 34 heavy (non-hydrogen) atoms. The molecular weight excluding hydrogens is 565 g/mol. The molecule has 0 unspecified atom stereocenters. The highest BCUT2D eigenvalue weighted by atomic mass is 127. The number of hydrogen-bond donors (Lipinski definition) is 1. The zero-order valence-electron chi connectivity index (χ0n) is 19.6. The summed E-state index contributed by atoms with van der Waals surface area (Å²) in [4.78, 5) is 31.6. The summed E-state index contributed by atoms with van der Waals surface area (Å²) in [7, 11) is 0. The van der Waals surface area contributed by atoms with E-state index in [0.717, 1.165) is 26.8 Å². The molecule has 1 saturated heterocycles. The summed E-state index contributed by atoms with van der Waals surface area (Å²) in [5.74, 6) is 0.303. The molecule has 0 bridgehead atoms. The summed E-state index contributed by atoms with van der Waals surface area (Å²) >= 11 is 3.48. The van der Waals surface area contributed by atoms with Crippen molar-refractivity contribution >= 4 is 63.1 Å². The van der Waals surface area contributed by atoms with Crippen LogP contribution in [0.15, 0.2) is 46.3 Å². The van der Waals surface area contributed by atoms with Crippen LogP contribution in [-0.4, -0.2) is 41.1 Å². The molecule has 180 valence electrons. The third-order valence-electron chi connectivity index (χ3n) is 5.12. The van der Waals surface area contributed by atoms with Gasteiger partial charge in [0.15, 0.2) is 23.3 Å². The zero-order valence-corrected chi connectivity index (χ0v) is 22.6. The first-order valence-corrected chi connectivity index (χ1v) is 12.9. The number of amidine groups is 1. The van der Waals surface area contributed by atoms with E-state index in [0.29, 0.717) is 28.2 Å². The van der Waals surface area contributed by atoms with Crippen LogP contribution < -0.4 is 15.2 Å². The Morgan fingerprint density at radius 1 is 1.24 bits per heavy atom. The number of halogens is 1. The standard InChI is InChI=1S/C25H28IN3O4S/c1-5-16(4)29-24(31)21(34-25(29)28-18-9-7-15(3)8-10-18)13-17-11-19(26)23(33-14-22(27)30)20(12-17)32-6-2/h7-13,16H,5-6,14H2,1-4H3,(H2,27,30)/b21-13+,28-25?/t16-/m0/s1. The minimum Gasteiger partial charge on any atom is -0.490 e. The van der Waals surface area contributed by atoms with Crippen molar-refractivity contribution in [2.45, 2.75) is 40.2 Å². The summed E-state index contributed by atoms with van der Waals surface area (Å²) in [6.07, 6.45) is 2.65. The van der Waals surface area contributed by atoms with Crippen molar-refractivity contribution in [3.05, 3.63) is 56.0 Å². The molecule has 1 aliphatic rings. The van der Waals surface area contributed by atoms with Crippen LogP contribution in [0, 0.1) is 10.5 Å². The lowest BCUT2D eigenvalue weighted by molar-refractivity contribution is -0.123. The highest BCUT2D eigenvalue weighted by Gasteiger charge is 2.36. The lowest BCUT2D eigenvalue weighted by Crippen LogP contribution is -2.36. The molecule has 2 amide bonds. The van der Waals surface area contributed by atoms with Gasteiger partial charge in [-0.1, -0.05) is 24.6 Å². The second kappa shape index (κ2) is 11.7. The van der Waals surface area contributed by atoms with E-state index in [1.54, 1.807) is 11.0 Å². The number of amides is 2. The monoisotopic (exact) mass is 593 g/mol. The third-order valence-corrected chi connectivity index (χ3v) is 6.90. The molecule has 0 aliphatic carbocycles. The summed E-state index contributed by atoms with van der Waals surface area (Å²) in [6, 6.07) is 11.6. The number of hydrogen-bond acceptors (Lipinski definition) is 6. The molecule has 1 aliphatic heterocycles. The average Bonchev–Trinajstić information content (AvgIpc) is 3.08. The molecule has 1 heterocycles. The molecule has 7 nitrogen and oxygen atoms in total. The fourth-order valence-electron chi connectivity index (χ4n) is 3.23. The van der Waals surface area contributed by atoms with Crippen LogP contribution in [0.3, 0.4) is 0 Å². The molecule has 2 aromatic rings. The van der Waals surface area contributed by atoms with Crippen molar-refractivity contribution in [2.75, 3.05) is 13.2 Å². The molecule has 0 spiro atoms. The Bertz CT molecular complexity index is 1130. The maximum Gasteiger partial charge on any atom is 0.266 e. The van der Waals surface area contributed by atoms with Crippen LogP contribution in [0.5, 0.6) is 11.5 Å². The topological polar surface area (TPSA) is 94.2 Å². The van der Waals surface area contributed by atoms with Gasteiger partial charge in [0.2, 0.25) is 0 Å². The Morgan fingerprint density at radius 2 is 1.94 bits per heavy atom. The largest absolute Gasteiger partial charge is 0.490 e. The van der Waals surface area contributed by atoms with Crippen LogP contribution in [0.2, 0.25) is 0 Å². The van der Waals surface area contributed by atoms with E-state index in [4.69, 9.17) is 20.2 Å². The number of nitrogens with zero attached hydrogens (tertiary/aromatic N) is 2. The van der Waals surface area contributed by atoms with Crippen molar-refractivity contribution in [1.29, 1.82) is 0 Å². The van der Waals surface area contributed by atoms with Gasteiger partial charge in [0.25, 0.3) is 11.8 Å². The van der Waals surface area contributed by atoms with Gasteiger partial charge in [-0.15, -0.1) is 0 Å². The first-order chi connectivity index (χ1) is 16.2. The molecular formula is C25H28IN3O4S. The molecule has 1 atom stereocenters. The number of aryl methyl sites for hydroxylation is 1. The maximum atomic E-state index is 13.4. The van der Waals surface area contributed by atoms with Crippen molar-refractivity contribution in [3.8, 4) is 11.5 Å². The number of aliphatic imine (C=N–C) groups is 1. The molecule has 3 rings (SSSR count). The minimum atomic E-state index is -0.567. The highest BCUT2D eigenvalue weighted by molar-refractivity contribution is 14.1. The molecule has 2 N–H and O–H groups in total. The van der Waals surface area contributed by atoms with Gasteiger partial charge in [0.05, 0.1) is 20.8 Å². The molecule has 9 heteroatoms. The van der Waals surface area contributed by atoms with E-state index in [-0.39, 0.29) is 18.6 Å². The third kappa shape index (κ3) is 6.32. The van der Waals surface area contributed by atoms with Crippen molar-refractivity contribution in [1.82, 2.24) is 4.90 Å². The summed E-state index contributed by atoms with van der Waals surface area (Å²) in [5.41, 5.74) is 7.97. The van der Waals surface area contributed by atoms with Crippen molar-refractivity contribution in [3.63, 3.8) is 0 Å². The maximum absolute atomic E-state index is 13.4.